The molecule has 0 unspecified atom stereocenters. The molecule has 3 rings (SSSR count). The first kappa shape index (κ1) is 18.3. The zero-order valence-electron chi connectivity index (χ0n) is 13.2. The van der Waals surface area contributed by atoms with Crippen LogP contribution in [-0.4, -0.2) is 34.4 Å². The van der Waals surface area contributed by atoms with Crippen LogP contribution in [0.1, 0.15) is 30.3 Å². The number of alkyl halides is 6. The number of H-pyrrole nitrogens is 1. The number of hydrogen-bond donors (Lipinski definition) is 1. The number of imidazole rings is 1. The molecule has 2 aromatic rings. The Morgan fingerprint density at radius 3 is 2.19 bits per heavy atom. The van der Waals surface area contributed by atoms with Crippen molar-refractivity contribution in [2.75, 3.05) is 18.0 Å². The van der Waals surface area contributed by atoms with Crippen LogP contribution in [0, 0.1) is 0 Å². The van der Waals surface area contributed by atoms with E-state index in [9.17, 15) is 26.3 Å². The first-order chi connectivity index (χ1) is 12.1. The molecule has 5 nitrogen and oxygen atoms in total. The first-order valence-electron chi connectivity index (χ1n) is 7.71. The van der Waals surface area contributed by atoms with Gasteiger partial charge in [-0.25, -0.2) is 9.97 Å². The molecule has 3 heterocycles. The molecule has 0 bridgehead atoms. The van der Waals surface area contributed by atoms with Crippen molar-refractivity contribution in [2.24, 2.45) is 0 Å². The van der Waals surface area contributed by atoms with E-state index in [0.29, 0.717) is 37.6 Å². The van der Waals surface area contributed by atoms with Crippen LogP contribution in [0.5, 0.6) is 5.75 Å². The fraction of sp³-hybridized carbons (Fsp3) is 0.467. The molecule has 0 spiro atoms. The predicted molar refractivity (Wildman–Crippen MR) is 78.7 cm³/mol. The van der Waals surface area contributed by atoms with Gasteiger partial charge >= 0.3 is 12.5 Å². The SMILES string of the molecule is FC(F)(F)Oc1ccc(N2CCC(c3ncc(C(F)(F)F)[nH]3)CC2)nc1. The second-order valence-electron chi connectivity index (χ2n) is 5.84. The highest BCUT2D eigenvalue weighted by Gasteiger charge is 2.34. The Balaban J connectivity index is 1.59. The summed E-state index contributed by atoms with van der Waals surface area (Å²) < 4.78 is 78.0. The molecule has 1 saturated heterocycles. The number of piperidine rings is 1. The van der Waals surface area contributed by atoms with E-state index in [2.05, 4.69) is 19.7 Å². The van der Waals surface area contributed by atoms with Gasteiger partial charge in [0.25, 0.3) is 0 Å². The number of hydrogen-bond acceptors (Lipinski definition) is 4. The Bertz CT molecular complexity index is 732. The molecule has 1 aliphatic rings. The van der Waals surface area contributed by atoms with Crippen molar-refractivity contribution < 1.29 is 31.1 Å². The lowest BCUT2D eigenvalue weighted by Crippen LogP contribution is -2.33. The summed E-state index contributed by atoms with van der Waals surface area (Å²) in [6.07, 6.45) is -6.38. The van der Waals surface area contributed by atoms with Crippen LogP contribution < -0.4 is 9.64 Å². The van der Waals surface area contributed by atoms with E-state index >= 15 is 0 Å². The van der Waals surface area contributed by atoms with Crippen molar-refractivity contribution >= 4 is 5.82 Å². The fourth-order valence-electron chi connectivity index (χ4n) is 2.82. The molecule has 1 aliphatic heterocycles. The minimum atomic E-state index is -4.78. The summed E-state index contributed by atoms with van der Waals surface area (Å²) in [4.78, 5) is 11.9. The van der Waals surface area contributed by atoms with Gasteiger partial charge in [0.2, 0.25) is 0 Å². The number of nitrogens with zero attached hydrogens (tertiary/aromatic N) is 3. The van der Waals surface area contributed by atoms with E-state index in [1.54, 1.807) is 0 Å². The molecule has 0 radical (unpaired) electrons. The maximum atomic E-state index is 12.6. The molecular weight excluding hydrogens is 366 g/mol. The third kappa shape index (κ3) is 4.38. The molecular formula is C15H14F6N4O. The Morgan fingerprint density at radius 2 is 1.69 bits per heavy atom. The number of aromatic amines is 1. The molecule has 1 N–H and O–H groups in total. The minimum absolute atomic E-state index is 0.143. The second kappa shape index (κ2) is 6.69. The lowest BCUT2D eigenvalue weighted by molar-refractivity contribution is -0.274. The van der Waals surface area contributed by atoms with Crippen LogP contribution >= 0.6 is 0 Å². The highest BCUT2D eigenvalue weighted by molar-refractivity contribution is 5.41. The van der Waals surface area contributed by atoms with Crippen molar-refractivity contribution in [3.8, 4) is 5.75 Å². The van der Waals surface area contributed by atoms with Gasteiger partial charge in [0.15, 0.2) is 0 Å². The van der Waals surface area contributed by atoms with Crippen LogP contribution in [0.2, 0.25) is 0 Å². The van der Waals surface area contributed by atoms with Crippen LogP contribution in [0.4, 0.5) is 32.2 Å². The number of ether oxygens (including phenoxy) is 1. The van der Waals surface area contributed by atoms with Gasteiger partial charge in [-0.3, -0.25) is 0 Å². The quantitative estimate of drug-likeness (QED) is 0.815. The van der Waals surface area contributed by atoms with Crippen molar-refractivity contribution in [1.29, 1.82) is 0 Å². The monoisotopic (exact) mass is 380 g/mol. The summed E-state index contributed by atoms with van der Waals surface area (Å²) in [6, 6.07) is 2.58. The highest BCUT2D eigenvalue weighted by Crippen LogP contribution is 2.32. The molecule has 0 aromatic carbocycles. The second-order valence-corrected chi connectivity index (χ2v) is 5.84. The largest absolute Gasteiger partial charge is 0.573 e. The standard InChI is InChI=1S/C15H14F6N4O/c16-14(17,18)11-8-23-13(24-11)9-3-5-25(6-4-9)12-2-1-10(7-22-12)26-15(19,20)21/h1-2,7-9H,3-6H2,(H,23,24). The summed E-state index contributed by atoms with van der Waals surface area (Å²) in [5.74, 6) is 0.217. The zero-order valence-corrected chi connectivity index (χ0v) is 13.2. The maximum Gasteiger partial charge on any atom is 0.573 e. The molecule has 0 amide bonds. The maximum absolute atomic E-state index is 12.6. The van der Waals surface area contributed by atoms with Gasteiger partial charge in [-0.2, -0.15) is 13.2 Å². The van der Waals surface area contributed by atoms with E-state index in [-0.39, 0.29) is 5.92 Å². The third-order valence-corrected chi connectivity index (χ3v) is 4.06. The summed E-state index contributed by atoms with van der Waals surface area (Å²) in [6.45, 7) is 0.998. The number of halogens is 6. The number of rotatable bonds is 3. The zero-order chi connectivity index (χ0) is 18.9. The first-order valence-corrected chi connectivity index (χ1v) is 7.71. The normalized spacial score (nSPS) is 16.8. The van der Waals surface area contributed by atoms with Crippen LogP contribution in [-0.2, 0) is 6.18 Å². The Kier molecular flexibility index (Phi) is 4.72. The Labute approximate surface area is 144 Å². The van der Waals surface area contributed by atoms with E-state index in [1.165, 1.54) is 12.1 Å². The van der Waals surface area contributed by atoms with Crippen LogP contribution in [0.25, 0.3) is 0 Å². The summed E-state index contributed by atoms with van der Waals surface area (Å²) >= 11 is 0. The molecule has 0 saturated carbocycles. The van der Waals surface area contributed by atoms with Crippen molar-refractivity contribution in [3.05, 3.63) is 36.0 Å². The van der Waals surface area contributed by atoms with Crippen molar-refractivity contribution in [1.82, 2.24) is 15.0 Å². The summed E-state index contributed by atoms with van der Waals surface area (Å²) in [7, 11) is 0. The number of nitrogens with one attached hydrogen (secondary N) is 1. The van der Waals surface area contributed by atoms with Gasteiger partial charge in [-0.15, -0.1) is 13.2 Å². The predicted octanol–water partition coefficient (Wildman–Crippen LogP) is 4.11. The molecule has 0 atom stereocenters. The average Bonchev–Trinajstić information content (AvgIpc) is 3.05. The highest BCUT2D eigenvalue weighted by atomic mass is 19.4. The molecule has 142 valence electrons. The lowest BCUT2D eigenvalue weighted by Gasteiger charge is -2.32. The molecule has 26 heavy (non-hydrogen) atoms. The summed E-state index contributed by atoms with van der Waals surface area (Å²) in [5, 5.41) is 0. The van der Waals surface area contributed by atoms with E-state index in [4.69, 9.17) is 0 Å². The Morgan fingerprint density at radius 1 is 1.00 bits per heavy atom. The van der Waals surface area contributed by atoms with Gasteiger partial charge in [-0.05, 0) is 25.0 Å². The molecule has 0 aliphatic carbocycles. The van der Waals surface area contributed by atoms with Gasteiger partial charge in [0, 0.05) is 19.0 Å². The van der Waals surface area contributed by atoms with Gasteiger partial charge in [0.05, 0.1) is 12.4 Å². The van der Waals surface area contributed by atoms with E-state index in [0.717, 1.165) is 12.4 Å². The van der Waals surface area contributed by atoms with Crippen molar-refractivity contribution in [3.63, 3.8) is 0 Å². The minimum Gasteiger partial charge on any atom is -0.404 e. The van der Waals surface area contributed by atoms with E-state index < -0.39 is 24.0 Å². The molecule has 1 fully saturated rings. The topological polar surface area (TPSA) is 54.0 Å². The number of pyridine rings is 1. The van der Waals surface area contributed by atoms with Crippen LogP contribution in [0.3, 0.4) is 0 Å². The van der Waals surface area contributed by atoms with Gasteiger partial charge in [-0.1, -0.05) is 0 Å². The smallest absolute Gasteiger partial charge is 0.404 e. The number of aromatic nitrogens is 3. The van der Waals surface area contributed by atoms with E-state index in [1.807, 2.05) is 4.90 Å². The third-order valence-electron chi connectivity index (χ3n) is 4.06. The molecule has 2 aromatic heterocycles. The molecule has 11 heteroatoms. The van der Waals surface area contributed by atoms with Crippen molar-refractivity contribution in [2.45, 2.75) is 31.3 Å². The lowest BCUT2D eigenvalue weighted by atomic mass is 9.96. The van der Waals surface area contributed by atoms with Gasteiger partial charge < -0.3 is 14.6 Å². The number of anilines is 1. The average molecular weight is 380 g/mol. The Hall–Kier alpha value is -2.46. The van der Waals surface area contributed by atoms with Crippen LogP contribution in [0.15, 0.2) is 24.5 Å². The fourth-order valence-corrected chi connectivity index (χ4v) is 2.82. The van der Waals surface area contributed by atoms with Gasteiger partial charge in [0.1, 0.15) is 23.1 Å². The summed E-state index contributed by atoms with van der Waals surface area (Å²) in [5.41, 5.74) is -0.878.